The molecule has 35 heavy (non-hydrogen) atoms. The number of hydrogen-bond acceptors (Lipinski definition) is 6. The number of carbonyl (C=O) groups is 3. The van der Waals surface area contributed by atoms with Crippen molar-refractivity contribution in [2.75, 3.05) is 30.6 Å². The van der Waals surface area contributed by atoms with Gasteiger partial charge in [0.1, 0.15) is 17.1 Å². The van der Waals surface area contributed by atoms with Crippen LogP contribution >= 0.6 is 0 Å². The van der Waals surface area contributed by atoms with Gasteiger partial charge < -0.3 is 14.4 Å². The first-order valence-corrected chi connectivity index (χ1v) is 11.7. The molecule has 2 aromatic rings. The van der Waals surface area contributed by atoms with Crippen molar-refractivity contribution in [3.8, 4) is 11.5 Å². The average molecular weight is 478 g/mol. The van der Waals surface area contributed by atoms with Crippen LogP contribution in [0.2, 0.25) is 0 Å². The minimum absolute atomic E-state index is 0.0186. The van der Waals surface area contributed by atoms with Crippen molar-refractivity contribution < 1.29 is 23.9 Å². The Hall–Kier alpha value is -3.81. The van der Waals surface area contributed by atoms with Gasteiger partial charge in [-0.1, -0.05) is 6.92 Å². The number of carbonyl (C=O) groups excluding carboxylic acids is 3. The van der Waals surface area contributed by atoms with E-state index in [0.29, 0.717) is 29.4 Å². The maximum Gasteiger partial charge on any atom is 0.335 e. The van der Waals surface area contributed by atoms with Crippen LogP contribution in [0.3, 0.4) is 0 Å². The molecule has 1 unspecified atom stereocenters. The van der Waals surface area contributed by atoms with Gasteiger partial charge in [-0.15, -0.1) is 0 Å². The summed E-state index contributed by atoms with van der Waals surface area (Å²) in [6, 6.07) is 9.67. The molecule has 184 valence electrons. The Morgan fingerprint density at radius 1 is 1.14 bits per heavy atom. The molecule has 0 aromatic heterocycles. The van der Waals surface area contributed by atoms with Crippen LogP contribution in [0, 0.1) is 0 Å². The summed E-state index contributed by atoms with van der Waals surface area (Å²) in [5.41, 5.74) is 2.94. The van der Waals surface area contributed by atoms with E-state index in [1.165, 1.54) is 6.08 Å². The first-order chi connectivity index (χ1) is 16.6. The first kappa shape index (κ1) is 24.3. The lowest BCUT2D eigenvalue weighted by atomic mass is 9.79. The number of hydrogen-bond donors (Lipinski definition) is 1. The predicted molar refractivity (Wildman–Crippen MR) is 135 cm³/mol. The van der Waals surface area contributed by atoms with Gasteiger partial charge in [0, 0.05) is 29.9 Å². The number of rotatable bonds is 5. The number of nitrogens with one attached hydrogen (secondary N) is 1. The van der Waals surface area contributed by atoms with Crippen molar-refractivity contribution >= 4 is 35.3 Å². The van der Waals surface area contributed by atoms with Crippen LogP contribution in [0.1, 0.15) is 51.2 Å². The average Bonchev–Trinajstić information content (AvgIpc) is 2.81. The summed E-state index contributed by atoms with van der Waals surface area (Å²) in [7, 11) is 3.61. The first-order valence-electron chi connectivity index (χ1n) is 11.7. The smallest absolute Gasteiger partial charge is 0.335 e. The number of barbiturate groups is 1. The zero-order valence-electron chi connectivity index (χ0n) is 21.0. The fourth-order valence-corrected chi connectivity index (χ4v) is 4.81. The van der Waals surface area contributed by atoms with Gasteiger partial charge in [-0.25, -0.2) is 9.69 Å². The van der Waals surface area contributed by atoms with Crippen molar-refractivity contribution in [1.29, 1.82) is 0 Å². The number of benzene rings is 2. The van der Waals surface area contributed by atoms with E-state index in [-0.39, 0.29) is 17.0 Å². The maximum atomic E-state index is 13.3. The molecule has 0 saturated carbocycles. The van der Waals surface area contributed by atoms with Gasteiger partial charge in [-0.2, -0.15) is 0 Å². The summed E-state index contributed by atoms with van der Waals surface area (Å²) in [5.74, 6) is -0.00792. The minimum atomic E-state index is -0.795. The fraction of sp³-hybridized carbons (Fsp3) is 0.370. The Morgan fingerprint density at radius 2 is 1.83 bits per heavy atom. The Bertz CT molecular complexity index is 1220. The van der Waals surface area contributed by atoms with E-state index in [2.05, 4.69) is 38.0 Å². The van der Waals surface area contributed by atoms with Crippen molar-refractivity contribution in [3.63, 3.8) is 0 Å². The standard InChI is InChI=1S/C27H31N3O5/c1-7-35-19-10-8-18(9-11-19)30-25(32)21(24(31)28-26(30)33)13-17-12-20-16(2)15-27(3,4)29(5)22(20)14-23(17)34-6/h8-14,16H,7,15H2,1-6H3,(H,28,31,33)/b21-13-. The second-order valence-electron chi connectivity index (χ2n) is 9.51. The number of anilines is 2. The van der Waals surface area contributed by atoms with Crippen LogP contribution in [-0.4, -0.2) is 44.1 Å². The van der Waals surface area contributed by atoms with Crippen LogP contribution < -0.4 is 24.6 Å². The number of amides is 4. The van der Waals surface area contributed by atoms with E-state index < -0.39 is 17.8 Å². The molecule has 4 rings (SSSR count). The van der Waals surface area contributed by atoms with Gasteiger partial charge in [-0.05, 0) is 75.1 Å². The predicted octanol–water partition coefficient (Wildman–Crippen LogP) is 4.48. The maximum absolute atomic E-state index is 13.3. The van der Waals surface area contributed by atoms with E-state index in [0.717, 1.165) is 22.6 Å². The van der Waals surface area contributed by atoms with Gasteiger partial charge in [0.25, 0.3) is 11.8 Å². The van der Waals surface area contributed by atoms with Gasteiger partial charge in [0.05, 0.1) is 19.4 Å². The lowest BCUT2D eigenvalue weighted by Gasteiger charge is -2.45. The molecule has 2 heterocycles. The van der Waals surface area contributed by atoms with Gasteiger partial charge >= 0.3 is 6.03 Å². The molecule has 1 saturated heterocycles. The zero-order chi connectivity index (χ0) is 25.5. The van der Waals surface area contributed by atoms with E-state index in [9.17, 15) is 14.4 Å². The summed E-state index contributed by atoms with van der Waals surface area (Å²) in [5, 5.41) is 2.27. The number of nitrogens with zero attached hydrogens (tertiary/aromatic N) is 2. The van der Waals surface area contributed by atoms with Crippen molar-refractivity contribution in [1.82, 2.24) is 5.32 Å². The summed E-state index contributed by atoms with van der Waals surface area (Å²) in [6.45, 7) is 8.94. The van der Waals surface area contributed by atoms with E-state index in [4.69, 9.17) is 9.47 Å². The molecule has 2 aliphatic heterocycles. The normalized spacial score (nSPS) is 20.6. The molecular weight excluding hydrogens is 446 g/mol. The van der Waals surface area contributed by atoms with E-state index in [1.54, 1.807) is 31.4 Å². The second kappa shape index (κ2) is 9.09. The molecule has 8 heteroatoms. The Labute approximate surface area is 205 Å². The lowest BCUT2D eigenvalue weighted by Crippen LogP contribution is -2.54. The minimum Gasteiger partial charge on any atom is -0.496 e. The van der Waals surface area contributed by atoms with Crippen LogP contribution in [0.25, 0.3) is 6.08 Å². The molecule has 1 fully saturated rings. The molecule has 0 bridgehead atoms. The molecule has 1 atom stereocenters. The van der Waals surface area contributed by atoms with Crippen molar-refractivity contribution in [2.45, 2.75) is 45.6 Å². The number of methoxy groups -OCH3 is 1. The molecular formula is C27H31N3O5. The van der Waals surface area contributed by atoms with E-state index in [1.807, 2.05) is 19.1 Å². The molecule has 0 radical (unpaired) electrons. The van der Waals surface area contributed by atoms with Crippen LogP contribution in [-0.2, 0) is 9.59 Å². The zero-order valence-corrected chi connectivity index (χ0v) is 21.0. The lowest BCUT2D eigenvalue weighted by molar-refractivity contribution is -0.122. The number of ether oxygens (including phenoxy) is 2. The Balaban J connectivity index is 1.75. The molecule has 4 amide bonds. The quantitative estimate of drug-likeness (QED) is 0.505. The van der Waals surface area contributed by atoms with E-state index >= 15 is 0 Å². The molecule has 0 spiro atoms. The molecule has 2 aliphatic rings. The monoisotopic (exact) mass is 477 g/mol. The molecule has 8 nitrogen and oxygen atoms in total. The largest absolute Gasteiger partial charge is 0.496 e. The van der Waals surface area contributed by atoms with Crippen molar-refractivity contribution in [2.24, 2.45) is 0 Å². The molecule has 0 aliphatic carbocycles. The molecule has 1 N–H and O–H groups in total. The van der Waals surface area contributed by atoms with Gasteiger partial charge in [-0.3, -0.25) is 14.9 Å². The highest BCUT2D eigenvalue weighted by Crippen LogP contribution is 2.45. The third-order valence-electron chi connectivity index (χ3n) is 6.79. The highest BCUT2D eigenvalue weighted by atomic mass is 16.5. The highest BCUT2D eigenvalue weighted by Gasteiger charge is 2.38. The number of fused-ring (bicyclic) bond motifs is 1. The highest BCUT2D eigenvalue weighted by molar-refractivity contribution is 6.39. The molecule has 2 aromatic carbocycles. The number of imide groups is 2. The summed E-state index contributed by atoms with van der Waals surface area (Å²) < 4.78 is 11.1. The third kappa shape index (κ3) is 4.36. The number of urea groups is 1. The van der Waals surface area contributed by atoms with Crippen molar-refractivity contribution in [3.05, 3.63) is 53.1 Å². The summed E-state index contributed by atoms with van der Waals surface area (Å²) in [4.78, 5) is 41.8. The Kier molecular flexibility index (Phi) is 6.32. The van der Waals surface area contributed by atoms with Gasteiger partial charge in [0.2, 0.25) is 0 Å². The van der Waals surface area contributed by atoms with Crippen LogP contribution in [0.5, 0.6) is 11.5 Å². The topological polar surface area (TPSA) is 88.2 Å². The fourth-order valence-electron chi connectivity index (χ4n) is 4.81. The van der Waals surface area contributed by atoms with Crippen LogP contribution in [0.4, 0.5) is 16.2 Å². The van der Waals surface area contributed by atoms with Crippen LogP contribution in [0.15, 0.2) is 42.0 Å². The third-order valence-corrected chi connectivity index (χ3v) is 6.79. The second-order valence-corrected chi connectivity index (χ2v) is 9.51. The summed E-state index contributed by atoms with van der Waals surface area (Å²) >= 11 is 0. The summed E-state index contributed by atoms with van der Waals surface area (Å²) in [6.07, 6.45) is 2.45. The Morgan fingerprint density at radius 3 is 2.46 bits per heavy atom. The van der Waals surface area contributed by atoms with Gasteiger partial charge in [0.15, 0.2) is 0 Å². The SMILES string of the molecule is CCOc1ccc(N2C(=O)NC(=O)/C(=C/c3cc4c(cc3OC)N(C)C(C)(C)CC4C)C2=O)cc1.